The summed E-state index contributed by atoms with van der Waals surface area (Å²) in [5, 5.41) is 9.11. The first kappa shape index (κ1) is 22.0. The molecule has 0 saturated heterocycles. The van der Waals surface area contributed by atoms with Crippen LogP contribution in [0.1, 0.15) is 25.1 Å². The number of hydrogen-bond donors (Lipinski definition) is 0. The normalized spacial score (nSPS) is 15.6. The van der Waals surface area contributed by atoms with Gasteiger partial charge in [0.2, 0.25) is 35.7 Å². The Balaban J connectivity index is 1.71. The fourth-order valence-corrected chi connectivity index (χ4v) is 4.37. The molecule has 9 nitrogen and oxygen atoms in total. The van der Waals surface area contributed by atoms with E-state index in [0.717, 1.165) is 0 Å². The third-order valence-corrected chi connectivity index (χ3v) is 6.21. The van der Waals surface area contributed by atoms with Gasteiger partial charge in [0.1, 0.15) is 0 Å². The Morgan fingerprint density at radius 2 is 2.15 bits per heavy atom. The number of benzene rings is 2. The van der Waals surface area contributed by atoms with Gasteiger partial charge in [-0.3, -0.25) is 9.69 Å². The van der Waals surface area contributed by atoms with E-state index in [1.54, 1.807) is 30.2 Å². The van der Waals surface area contributed by atoms with Gasteiger partial charge in [0.25, 0.3) is 0 Å². The van der Waals surface area contributed by atoms with Crippen molar-refractivity contribution < 1.29 is 23.7 Å². The van der Waals surface area contributed by atoms with E-state index in [1.165, 1.54) is 11.8 Å². The maximum absolute atomic E-state index is 13.3. The Morgan fingerprint density at radius 3 is 2.94 bits per heavy atom. The highest BCUT2D eigenvalue weighted by Gasteiger charge is 2.37. The molecule has 2 aliphatic heterocycles. The fraction of sp³-hybridized carbons (Fsp3) is 0.250. The van der Waals surface area contributed by atoms with Crippen LogP contribution in [0.5, 0.6) is 23.1 Å². The highest BCUT2D eigenvalue weighted by atomic mass is 32.2. The number of nitrogens with zero attached hydrogens (tertiary/aromatic N) is 4. The highest BCUT2D eigenvalue weighted by molar-refractivity contribution is 7.99. The van der Waals surface area contributed by atoms with Gasteiger partial charge in [0, 0.05) is 23.3 Å². The zero-order valence-corrected chi connectivity index (χ0v) is 19.5. The molecule has 5 rings (SSSR count). The second-order valence-corrected chi connectivity index (χ2v) is 8.40. The number of hydrogen-bond acceptors (Lipinski definition) is 9. The number of aromatic nitrogens is 3. The Bertz CT molecular complexity index is 1270. The Kier molecular flexibility index (Phi) is 5.97. The summed E-state index contributed by atoms with van der Waals surface area (Å²) in [5.41, 5.74) is 2.46. The average Bonchev–Trinajstić information content (AvgIpc) is 3.30. The number of ether oxygens (including phenoxy) is 4. The van der Waals surface area contributed by atoms with Crippen LogP contribution in [0, 0.1) is 0 Å². The van der Waals surface area contributed by atoms with E-state index >= 15 is 0 Å². The van der Waals surface area contributed by atoms with Crippen molar-refractivity contribution in [3.05, 3.63) is 54.6 Å². The fourth-order valence-electron chi connectivity index (χ4n) is 3.86. The topological polar surface area (TPSA) is 95.9 Å². The van der Waals surface area contributed by atoms with Crippen molar-refractivity contribution in [2.75, 3.05) is 24.6 Å². The van der Waals surface area contributed by atoms with Gasteiger partial charge in [-0.1, -0.05) is 43.0 Å². The van der Waals surface area contributed by atoms with E-state index in [2.05, 4.69) is 21.8 Å². The number of amides is 1. The maximum atomic E-state index is 13.3. The molecule has 1 aromatic heterocycles. The van der Waals surface area contributed by atoms with Crippen molar-refractivity contribution in [2.24, 2.45) is 0 Å². The number of anilines is 1. The van der Waals surface area contributed by atoms with Gasteiger partial charge in [-0.05, 0) is 18.2 Å². The van der Waals surface area contributed by atoms with Crippen LogP contribution >= 0.6 is 11.8 Å². The molecule has 0 bridgehead atoms. The summed E-state index contributed by atoms with van der Waals surface area (Å²) < 4.78 is 23.1. The Hall–Kier alpha value is -3.79. The minimum Gasteiger partial charge on any atom is -0.493 e. The predicted octanol–water partition coefficient (Wildman–Crippen LogP) is 4.39. The minimum atomic E-state index is -0.854. The predicted molar refractivity (Wildman–Crippen MR) is 126 cm³/mol. The summed E-state index contributed by atoms with van der Waals surface area (Å²) in [6.07, 6.45) is 1.18. The van der Waals surface area contributed by atoms with Gasteiger partial charge in [-0.2, -0.15) is 4.98 Å². The van der Waals surface area contributed by atoms with Gasteiger partial charge in [-0.15, -0.1) is 16.8 Å². The second kappa shape index (κ2) is 9.22. The molecule has 3 aromatic rings. The molecule has 10 heteroatoms. The van der Waals surface area contributed by atoms with E-state index in [0.29, 0.717) is 50.7 Å². The zero-order valence-electron chi connectivity index (χ0n) is 18.7. The van der Waals surface area contributed by atoms with E-state index in [9.17, 15) is 4.79 Å². The van der Waals surface area contributed by atoms with Crippen molar-refractivity contribution in [1.82, 2.24) is 15.2 Å². The molecule has 0 spiro atoms. The third-order valence-electron chi connectivity index (χ3n) is 5.38. The first-order valence-electron chi connectivity index (χ1n) is 10.7. The summed E-state index contributed by atoms with van der Waals surface area (Å²) in [6.45, 7) is 5.63. The standard InChI is InChI=1S/C24H22N4O5S/c1-4-10-34-24-25-22-20(26-27-24)15-8-6-7-9-16(15)28(19(29)5-2)23(33-22)14-11-17(30-3)21-18(12-14)31-13-32-21/h4,6-9,11-12,23H,1,5,10,13H2,2-3H3. The number of methoxy groups -OCH3 is 1. The largest absolute Gasteiger partial charge is 0.493 e. The lowest BCUT2D eigenvalue weighted by Crippen LogP contribution is -2.37. The quantitative estimate of drug-likeness (QED) is 0.377. The van der Waals surface area contributed by atoms with Crippen LogP contribution in [-0.2, 0) is 4.79 Å². The summed E-state index contributed by atoms with van der Waals surface area (Å²) in [4.78, 5) is 19.5. The number of carbonyl (C=O) groups excluding carboxylic acids is 1. The molecule has 0 aliphatic carbocycles. The molecule has 0 N–H and O–H groups in total. The number of thioether (sulfide) groups is 1. The van der Waals surface area contributed by atoms with Gasteiger partial charge in [0.15, 0.2) is 17.2 Å². The number of fused-ring (bicyclic) bond motifs is 4. The smallest absolute Gasteiger partial charge is 0.247 e. The number of carbonyl (C=O) groups is 1. The van der Waals surface area contributed by atoms with Crippen molar-refractivity contribution >= 4 is 23.4 Å². The molecular weight excluding hydrogens is 456 g/mol. The van der Waals surface area contributed by atoms with Crippen LogP contribution < -0.4 is 23.8 Å². The first-order chi connectivity index (χ1) is 16.6. The monoisotopic (exact) mass is 478 g/mol. The lowest BCUT2D eigenvalue weighted by molar-refractivity contribution is -0.120. The van der Waals surface area contributed by atoms with E-state index < -0.39 is 6.23 Å². The van der Waals surface area contributed by atoms with Crippen molar-refractivity contribution in [1.29, 1.82) is 0 Å². The average molecular weight is 479 g/mol. The summed E-state index contributed by atoms with van der Waals surface area (Å²) >= 11 is 1.39. The zero-order chi connectivity index (χ0) is 23.7. The molecule has 1 atom stereocenters. The van der Waals surface area contributed by atoms with Crippen LogP contribution in [0.25, 0.3) is 11.3 Å². The number of rotatable bonds is 6. The summed E-state index contributed by atoms with van der Waals surface area (Å²) in [7, 11) is 1.55. The van der Waals surface area contributed by atoms with Crippen LogP contribution in [0.15, 0.2) is 54.2 Å². The molecule has 0 saturated carbocycles. The van der Waals surface area contributed by atoms with Crippen molar-refractivity contribution in [3.8, 4) is 34.4 Å². The van der Waals surface area contributed by atoms with Crippen LogP contribution in [-0.4, -0.2) is 40.7 Å². The van der Waals surface area contributed by atoms with Crippen LogP contribution in [0.3, 0.4) is 0 Å². The van der Waals surface area contributed by atoms with Crippen molar-refractivity contribution in [2.45, 2.75) is 24.7 Å². The maximum Gasteiger partial charge on any atom is 0.247 e. The first-order valence-corrected chi connectivity index (χ1v) is 11.7. The molecular formula is C24H22N4O5S. The van der Waals surface area contributed by atoms with Gasteiger partial charge in [0.05, 0.1) is 12.8 Å². The lowest BCUT2D eigenvalue weighted by Gasteiger charge is -2.31. The van der Waals surface area contributed by atoms with E-state index in [4.69, 9.17) is 18.9 Å². The Morgan fingerprint density at radius 1 is 1.29 bits per heavy atom. The second-order valence-electron chi connectivity index (χ2n) is 7.41. The Labute approximate surface area is 200 Å². The highest BCUT2D eigenvalue weighted by Crippen LogP contribution is 2.47. The molecule has 174 valence electrons. The molecule has 1 amide bonds. The molecule has 34 heavy (non-hydrogen) atoms. The molecule has 1 unspecified atom stereocenters. The van der Waals surface area contributed by atoms with Gasteiger partial charge >= 0.3 is 0 Å². The minimum absolute atomic E-state index is 0.0883. The third kappa shape index (κ3) is 3.79. The molecule has 0 radical (unpaired) electrons. The van der Waals surface area contributed by atoms with Crippen molar-refractivity contribution in [3.63, 3.8) is 0 Å². The molecule has 2 aliphatic rings. The summed E-state index contributed by atoms with van der Waals surface area (Å²) in [5.74, 6) is 2.29. The van der Waals surface area contributed by atoms with Crippen LogP contribution in [0.4, 0.5) is 5.69 Å². The van der Waals surface area contributed by atoms with E-state index in [-0.39, 0.29) is 25.0 Å². The SMILES string of the molecule is C=CCSc1nnc2c(n1)OC(c1cc(OC)c3c(c1)OCO3)N(C(=O)CC)c1ccccc1-2. The van der Waals surface area contributed by atoms with Gasteiger partial charge in [-0.25, -0.2) is 0 Å². The summed E-state index contributed by atoms with van der Waals surface area (Å²) in [6, 6.07) is 11.1. The molecule has 3 heterocycles. The molecule has 0 fully saturated rings. The van der Waals surface area contributed by atoms with E-state index in [1.807, 2.05) is 31.2 Å². The van der Waals surface area contributed by atoms with Crippen LogP contribution in [0.2, 0.25) is 0 Å². The number of para-hydroxylation sites is 1. The molecule has 2 aromatic carbocycles. The lowest BCUT2D eigenvalue weighted by atomic mass is 10.1. The van der Waals surface area contributed by atoms with Gasteiger partial charge < -0.3 is 18.9 Å².